The molecule has 23 heavy (non-hydrogen) atoms. The predicted molar refractivity (Wildman–Crippen MR) is 98.9 cm³/mol. The highest BCUT2D eigenvalue weighted by molar-refractivity contribution is 7.96. The monoisotopic (exact) mass is 314 g/mol. The van der Waals surface area contributed by atoms with Crippen LogP contribution in [0.15, 0.2) is 66.3 Å². The molecule has 0 saturated carbocycles. The lowest BCUT2D eigenvalue weighted by Crippen LogP contribution is -2.29. The molecule has 0 aliphatic heterocycles. The van der Waals surface area contributed by atoms with Crippen LogP contribution in [0.5, 0.6) is 0 Å². The molecule has 0 fully saturated rings. The molecule has 0 heterocycles. The average Bonchev–Trinajstić information content (AvgIpc) is 3.11. The summed E-state index contributed by atoms with van der Waals surface area (Å²) in [4.78, 5) is 12.3. The van der Waals surface area contributed by atoms with Crippen molar-refractivity contribution in [3.63, 3.8) is 0 Å². The van der Waals surface area contributed by atoms with Gasteiger partial charge in [-0.25, -0.2) is 0 Å². The first-order chi connectivity index (χ1) is 11.2. The van der Waals surface area contributed by atoms with Crippen LogP contribution in [0.2, 0.25) is 0 Å². The Kier molecular flexibility index (Phi) is 2.49. The van der Waals surface area contributed by atoms with Crippen molar-refractivity contribution in [2.24, 2.45) is 0 Å². The Morgan fingerprint density at radius 2 is 1.78 bits per heavy atom. The largest absolute Gasteiger partial charge is 0.286 e. The zero-order valence-electron chi connectivity index (χ0n) is 12.4. The van der Waals surface area contributed by atoms with Gasteiger partial charge in [0.05, 0.1) is 5.41 Å². The molecule has 0 saturated heterocycles. The number of hydrogen-bond acceptors (Lipinski definition) is 1. The van der Waals surface area contributed by atoms with Crippen molar-refractivity contribution in [3.05, 3.63) is 77.4 Å². The highest BCUT2D eigenvalue weighted by Gasteiger charge is 2.47. The van der Waals surface area contributed by atoms with Gasteiger partial charge in [-0.2, -0.15) is 0 Å². The third-order valence-corrected chi connectivity index (χ3v) is 5.69. The van der Waals surface area contributed by atoms with Gasteiger partial charge < -0.3 is 0 Å². The van der Waals surface area contributed by atoms with Crippen LogP contribution < -0.4 is 0 Å². The standard InChI is InChI=1S/C21H14OS/c22-20(23)21-11-3-5-14(21)12-18-17-8-7-13-4-1-2-6-15(13)16(17)9-10-19(18)21/h1-10,12H,11H2,(H,22,23). The Morgan fingerprint density at radius 3 is 2.65 bits per heavy atom. The molecule has 1 atom stereocenters. The number of allylic oxidation sites excluding steroid dienone is 3. The number of rotatable bonds is 1. The zero-order chi connectivity index (χ0) is 15.6. The summed E-state index contributed by atoms with van der Waals surface area (Å²) in [7, 11) is 0. The van der Waals surface area contributed by atoms with E-state index in [4.69, 9.17) is 0 Å². The van der Waals surface area contributed by atoms with Gasteiger partial charge in [0.2, 0.25) is 5.12 Å². The first-order valence-corrected chi connectivity index (χ1v) is 8.23. The maximum Gasteiger partial charge on any atom is 0.201 e. The summed E-state index contributed by atoms with van der Waals surface area (Å²) >= 11 is 4.22. The van der Waals surface area contributed by atoms with Crippen LogP contribution in [-0.4, -0.2) is 5.12 Å². The first kappa shape index (κ1) is 13.1. The minimum absolute atomic E-state index is 0.0624. The first-order valence-electron chi connectivity index (χ1n) is 7.79. The summed E-state index contributed by atoms with van der Waals surface area (Å²) in [5.41, 5.74) is 2.78. The fourth-order valence-electron chi connectivity index (χ4n) is 4.18. The minimum atomic E-state index is -0.571. The van der Waals surface area contributed by atoms with Crippen molar-refractivity contribution in [3.8, 4) is 0 Å². The highest BCUT2D eigenvalue weighted by atomic mass is 32.1. The molecule has 1 unspecified atom stereocenters. The van der Waals surface area contributed by atoms with Gasteiger partial charge in [0, 0.05) is 0 Å². The fraction of sp³-hybridized carbons (Fsp3) is 0.0952. The molecule has 0 spiro atoms. The molecule has 3 aromatic rings. The van der Waals surface area contributed by atoms with Crippen LogP contribution in [0, 0.1) is 0 Å². The van der Waals surface area contributed by atoms with Crippen molar-refractivity contribution in [2.45, 2.75) is 11.8 Å². The molecule has 3 aromatic carbocycles. The van der Waals surface area contributed by atoms with Crippen molar-refractivity contribution < 1.29 is 4.79 Å². The van der Waals surface area contributed by atoms with Gasteiger partial charge >= 0.3 is 0 Å². The summed E-state index contributed by atoms with van der Waals surface area (Å²) in [5.74, 6) is 0. The predicted octanol–water partition coefficient (Wildman–Crippen LogP) is 5.04. The summed E-state index contributed by atoms with van der Waals surface area (Å²) < 4.78 is 0. The van der Waals surface area contributed by atoms with Crippen LogP contribution in [0.3, 0.4) is 0 Å². The SMILES string of the molecule is O=C(S)C12CC=CC1=Cc1c2ccc2c1ccc1ccccc12. The van der Waals surface area contributed by atoms with E-state index in [1.165, 1.54) is 27.1 Å². The van der Waals surface area contributed by atoms with Crippen molar-refractivity contribution in [1.82, 2.24) is 0 Å². The Balaban J connectivity index is 1.92. The number of carbonyl (C=O) groups excluding carboxylic acids is 1. The third kappa shape index (κ3) is 1.52. The molecule has 5 rings (SSSR count). The normalized spacial score (nSPS) is 21.5. The van der Waals surface area contributed by atoms with Gasteiger partial charge in [-0.1, -0.05) is 60.7 Å². The Labute approximate surface area is 139 Å². The second-order valence-electron chi connectivity index (χ2n) is 6.33. The molecule has 110 valence electrons. The lowest BCUT2D eigenvalue weighted by atomic mass is 9.78. The average molecular weight is 314 g/mol. The van der Waals surface area contributed by atoms with E-state index in [-0.39, 0.29) is 5.12 Å². The number of thiol groups is 1. The van der Waals surface area contributed by atoms with Gasteiger partial charge in [-0.05, 0) is 50.7 Å². The lowest BCUT2D eigenvalue weighted by Gasteiger charge is -2.25. The summed E-state index contributed by atoms with van der Waals surface area (Å²) in [6.45, 7) is 0. The molecule has 2 aliphatic rings. The summed E-state index contributed by atoms with van der Waals surface area (Å²) in [6, 6.07) is 17.0. The second-order valence-corrected chi connectivity index (χ2v) is 6.73. The van der Waals surface area contributed by atoms with Gasteiger partial charge in [0.15, 0.2) is 0 Å². The maximum atomic E-state index is 12.3. The molecule has 2 heteroatoms. The molecule has 2 aliphatic carbocycles. The topological polar surface area (TPSA) is 17.1 Å². The molecule has 0 amide bonds. The fourth-order valence-corrected chi connectivity index (χ4v) is 4.52. The van der Waals surface area contributed by atoms with Crippen LogP contribution >= 0.6 is 12.6 Å². The van der Waals surface area contributed by atoms with E-state index in [9.17, 15) is 4.79 Å². The van der Waals surface area contributed by atoms with Gasteiger partial charge in [0.1, 0.15) is 0 Å². The zero-order valence-corrected chi connectivity index (χ0v) is 13.3. The number of benzene rings is 3. The van der Waals surface area contributed by atoms with Crippen molar-refractivity contribution in [1.29, 1.82) is 0 Å². The Hall–Kier alpha value is -2.32. The van der Waals surface area contributed by atoms with E-state index >= 15 is 0 Å². The smallest absolute Gasteiger partial charge is 0.201 e. The van der Waals surface area contributed by atoms with E-state index < -0.39 is 5.41 Å². The van der Waals surface area contributed by atoms with Gasteiger partial charge in [0.25, 0.3) is 0 Å². The molecular formula is C21H14OS. The minimum Gasteiger partial charge on any atom is -0.286 e. The molecule has 1 nitrogen and oxygen atoms in total. The molecule has 0 radical (unpaired) electrons. The van der Waals surface area contributed by atoms with Crippen LogP contribution in [0.4, 0.5) is 0 Å². The van der Waals surface area contributed by atoms with Gasteiger partial charge in [-0.3, -0.25) is 4.79 Å². The third-order valence-electron chi connectivity index (χ3n) is 5.31. The maximum absolute atomic E-state index is 12.3. The van der Waals surface area contributed by atoms with E-state index in [1.807, 2.05) is 0 Å². The van der Waals surface area contributed by atoms with Crippen molar-refractivity contribution in [2.75, 3.05) is 0 Å². The van der Waals surface area contributed by atoms with E-state index in [0.717, 1.165) is 11.1 Å². The van der Waals surface area contributed by atoms with Gasteiger partial charge in [-0.15, -0.1) is 12.6 Å². The van der Waals surface area contributed by atoms with E-state index in [1.54, 1.807) is 0 Å². The number of fused-ring (bicyclic) bond motifs is 7. The summed E-state index contributed by atoms with van der Waals surface area (Å²) in [6.07, 6.45) is 7.03. The quantitative estimate of drug-likeness (QED) is 0.491. The molecule has 0 aromatic heterocycles. The number of carbonyl (C=O) groups is 1. The van der Waals surface area contributed by atoms with Crippen LogP contribution in [0.25, 0.3) is 27.6 Å². The highest BCUT2D eigenvalue weighted by Crippen LogP contribution is 2.51. The Bertz CT molecular complexity index is 1070. The lowest BCUT2D eigenvalue weighted by molar-refractivity contribution is -0.114. The second kappa shape index (κ2) is 4.36. The van der Waals surface area contributed by atoms with Crippen LogP contribution in [-0.2, 0) is 10.2 Å². The number of hydrogen-bond donors (Lipinski definition) is 1. The van der Waals surface area contributed by atoms with Crippen LogP contribution in [0.1, 0.15) is 17.5 Å². The van der Waals surface area contributed by atoms with Crippen molar-refractivity contribution >= 4 is 45.4 Å². The van der Waals surface area contributed by atoms with E-state index in [2.05, 4.69) is 79.4 Å². The molecule has 0 N–H and O–H groups in total. The summed E-state index contributed by atoms with van der Waals surface area (Å²) in [5, 5.41) is 4.89. The van der Waals surface area contributed by atoms with E-state index in [0.29, 0.717) is 6.42 Å². The molecular weight excluding hydrogens is 300 g/mol. The molecule has 0 bridgehead atoms. The Morgan fingerprint density at radius 1 is 0.957 bits per heavy atom.